The molecule has 1 aromatic carbocycles. The monoisotopic (exact) mass is 386 g/mol. The second-order valence-electron chi connectivity index (χ2n) is 7.88. The highest BCUT2D eigenvalue weighted by Gasteiger charge is 2.34. The van der Waals surface area contributed by atoms with E-state index in [0.717, 1.165) is 62.1 Å². The zero-order valence-corrected chi connectivity index (χ0v) is 16.3. The highest BCUT2D eigenvalue weighted by atomic mass is 19.1. The van der Waals surface area contributed by atoms with Crippen LogP contribution in [0.15, 0.2) is 24.3 Å². The molecule has 150 valence electrons. The predicted octanol–water partition coefficient (Wildman–Crippen LogP) is 2.25. The van der Waals surface area contributed by atoms with Crippen LogP contribution in [-0.2, 0) is 17.6 Å². The van der Waals surface area contributed by atoms with Crippen LogP contribution in [0.25, 0.3) is 5.69 Å². The van der Waals surface area contributed by atoms with Crippen molar-refractivity contribution >= 4 is 5.91 Å². The summed E-state index contributed by atoms with van der Waals surface area (Å²) >= 11 is 0. The fourth-order valence-corrected chi connectivity index (χ4v) is 4.40. The number of carbonyl (C=O) groups excluding carboxylic acids is 1. The largest absolute Gasteiger partial charge is 0.384 e. The number of carbonyl (C=O) groups is 1. The number of halogens is 1. The fourth-order valence-electron chi connectivity index (χ4n) is 4.40. The van der Waals surface area contributed by atoms with E-state index in [1.54, 1.807) is 23.9 Å². The van der Waals surface area contributed by atoms with Crippen molar-refractivity contribution < 1.29 is 13.9 Å². The summed E-state index contributed by atoms with van der Waals surface area (Å²) in [5.41, 5.74) is 3.34. The normalized spacial score (nSPS) is 18.1. The van der Waals surface area contributed by atoms with Crippen LogP contribution in [0.3, 0.4) is 0 Å². The first-order valence-corrected chi connectivity index (χ1v) is 9.96. The Morgan fingerprint density at radius 2 is 2.04 bits per heavy atom. The van der Waals surface area contributed by atoms with Crippen molar-refractivity contribution in [1.82, 2.24) is 20.4 Å². The maximum Gasteiger partial charge on any atom is 0.272 e. The summed E-state index contributed by atoms with van der Waals surface area (Å²) < 4.78 is 20.5. The van der Waals surface area contributed by atoms with Gasteiger partial charge in [0.1, 0.15) is 5.82 Å². The van der Waals surface area contributed by atoms with Crippen LogP contribution in [0, 0.1) is 11.2 Å². The Morgan fingerprint density at radius 3 is 2.75 bits per heavy atom. The van der Waals surface area contributed by atoms with Gasteiger partial charge in [-0.15, -0.1) is 0 Å². The second-order valence-corrected chi connectivity index (χ2v) is 7.88. The zero-order chi connectivity index (χ0) is 19.6. The van der Waals surface area contributed by atoms with Gasteiger partial charge in [-0.2, -0.15) is 5.10 Å². The van der Waals surface area contributed by atoms with E-state index in [1.807, 2.05) is 0 Å². The molecule has 4 rings (SSSR count). The molecule has 2 heterocycles. The van der Waals surface area contributed by atoms with Gasteiger partial charge in [-0.25, -0.2) is 9.07 Å². The first kappa shape index (κ1) is 19.1. The summed E-state index contributed by atoms with van der Waals surface area (Å²) in [5.74, 6) is -0.413. The van der Waals surface area contributed by atoms with Gasteiger partial charge in [0.15, 0.2) is 5.69 Å². The maximum atomic E-state index is 13.3. The van der Waals surface area contributed by atoms with Crippen LogP contribution >= 0.6 is 0 Å². The van der Waals surface area contributed by atoms with Gasteiger partial charge in [-0.05, 0) is 69.5 Å². The maximum absolute atomic E-state index is 13.3. The first-order chi connectivity index (χ1) is 13.6. The number of nitrogens with zero attached hydrogens (tertiary/aromatic N) is 2. The molecule has 2 N–H and O–H groups in total. The number of methoxy groups -OCH3 is 1. The number of hydrogen-bond acceptors (Lipinski definition) is 4. The molecule has 0 unspecified atom stereocenters. The molecule has 0 atom stereocenters. The topological polar surface area (TPSA) is 68.2 Å². The molecule has 0 bridgehead atoms. The minimum absolute atomic E-state index is 0.0294. The Balaban J connectivity index is 1.55. The molecule has 6 nitrogen and oxygen atoms in total. The average Bonchev–Trinajstić information content (AvgIpc) is 3.31. The van der Waals surface area contributed by atoms with Gasteiger partial charge in [0, 0.05) is 30.3 Å². The molecule has 1 aromatic heterocycles. The van der Waals surface area contributed by atoms with E-state index in [2.05, 4.69) is 15.7 Å². The molecule has 0 saturated carbocycles. The minimum Gasteiger partial charge on any atom is -0.384 e. The van der Waals surface area contributed by atoms with Crippen LogP contribution < -0.4 is 10.6 Å². The van der Waals surface area contributed by atoms with Gasteiger partial charge < -0.3 is 15.4 Å². The molecular weight excluding hydrogens is 359 g/mol. The minimum atomic E-state index is -0.282. The lowest BCUT2D eigenvalue weighted by Crippen LogP contribution is -2.47. The van der Waals surface area contributed by atoms with Gasteiger partial charge in [-0.1, -0.05) is 0 Å². The lowest BCUT2D eigenvalue weighted by molar-refractivity contribution is 0.0510. The molecular formula is C21H27FN4O2. The molecule has 2 aliphatic rings. The highest BCUT2D eigenvalue weighted by molar-refractivity contribution is 5.94. The summed E-state index contributed by atoms with van der Waals surface area (Å²) in [6.45, 7) is 3.10. The van der Waals surface area contributed by atoms with Crippen molar-refractivity contribution in [2.24, 2.45) is 5.41 Å². The lowest BCUT2D eigenvalue weighted by Gasteiger charge is -2.37. The van der Waals surface area contributed by atoms with E-state index < -0.39 is 0 Å². The van der Waals surface area contributed by atoms with Crippen LogP contribution in [0.4, 0.5) is 4.39 Å². The molecule has 1 aliphatic carbocycles. The zero-order valence-electron chi connectivity index (χ0n) is 16.3. The van der Waals surface area contributed by atoms with Crippen molar-refractivity contribution in [3.8, 4) is 5.69 Å². The number of piperidine rings is 1. The van der Waals surface area contributed by atoms with Crippen LogP contribution in [0.5, 0.6) is 0 Å². The van der Waals surface area contributed by atoms with Crippen molar-refractivity contribution in [3.05, 3.63) is 47.0 Å². The predicted molar refractivity (Wildman–Crippen MR) is 104 cm³/mol. The summed E-state index contributed by atoms with van der Waals surface area (Å²) in [7, 11) is 1.71. The SMILES string of the molecule is COCC1(CNC(=O)c2nn(-c3ccc(F)cc3)c3c2CCC3)CCNCC1. The third-order valence-corrected chi connectivity index (χ3v) is 5.96. The third kappa shape index (κ3) is 3.69. The average molecular weight is 386 g/mol. The Kier molecular flexibility index (Phi) is 5.46. The number of aromatic nitrogens is 2. The number of fused-ring (bicyclic) bond motifs is 1. The molecule has 1 saturated heterocycles. The number of rotatable bonds is 6. The highest BCUT2D eigenvalue weighted by Crippen LogP contribution is 2.30. The number of ether oxygens (including phenoxy) is 1. The van der Waals surface area contributed by atoms with Gasteiger partial charge in [0.25, 0.3) is 5.91 Å². The number of amides is 1. The molecule has 1 fully saturated rings. The van der Waals surface area contributed by atoms with Gasteiger partial charge >= 0.3 is 0 Å². The Morgan fingerprint density at radius 1 is 1.29 bits per heavy atom. The summed E-state index contributed by atoms with van der Waals surface area (Å²) in [4.78, 5) is 13.0. The summed E-state index contributed by atoms with van der Waals surface area (Å²) in [5, 5.41) is 11.1. The van der Waals surface area contributed by atoms with Crippen molar-refractivity contribution in [3.63, 3.8) is 0 Å². The lowest BCUT2D eigenvalue weighted by atomic mass is 9.79. The van der Waals surface area contributed by atoms with Gasteiger partial charge in [0.05, 0.1) is 12.3 Å². The summed E-state index contributed by atoms with van der Waals surface area (Å²) in [6, 6.07) is 6.24. The van der Waals surface area contributed by atoms with E-state index >= 15 is 0 Å². The number of benzene rings is 1. The molecule has 28 heavy (non-hydrogen) atoms. The molecule has 1 aliphatic heterocycles. The Hall–Kier alpha value is -2.25. The summed E-state index contributed by atoms with van der Waals surface area (Å²) in [6.07, 6.45) is 4.69. The van der Waals surface area contributed by atoms with Gasteiger partial charge in [0.2, 0.25) is 0 Å². The quantitative estimate of drug-likeness (QED) is 0.799. The third-order valence-electron chi connectivity index (χ3n) is 5.96. The number of nitrogens with one attached hydrogen (secondary N) is 2. The van der Waals surface area contributed by atoms with E-state index in [9.17, 15) is 9.18 Å². The van der Waals surface area contributed by atoms with Gasteiger partial charge in [-0.3, -0.25) is 4.79 Å². The molecule has 0 spiro atoms. The number of hydrogen-bond donors (Lipinski definition) is 2. The van der Waals surface area contributed by atoms with E-state index in [0.29, 0.717) is 18.8 Å². The standard InChI is InChI=1S/C21H27FN4O2/c1-28-14-21(9-11-23-12-10-21)13-24-20(27)19-17-3-2-4-18(17)26(25-19)16-7-5-15(22)6-8-16/h5-8,23H,2-4,9-14H2,1H3,(H,24,27). The molecule has 7 heteroatoms. The van der Waals surface area contributed by atoms with Crippen LogP contribution in [0.1, 0.15) is 41.0 Å². The van der Waals surface area contributed by atoms with Crippen LogP contribution in [0.2, 0.25) is 0 Å². The first-order valence-electron chi connectivity index (χ1n) is 9.96. The van der Waals surface area contributed by atoms with E-state index in [4.69, 9.17) is 4.74 Å². The molecule has 2 aromatic rings. The van der Waals surface area contributed by atoms with E-state index in [-0.39, 0.29) is 17.1 Å². The fraction of sp³-hybridized carbons (Fsp3) is 0.524. The van der Waals surface area contributed by atoms with Crippen molar-refractivity contribution in [2.45, 2.75) is 32.1 Å². The molecule has 1 amide bonds. The Bertz CT molecular complexity index is 835. The van der Waals surface area contributed by atoms with Crippen molar-refractivity contribution in [1.29, 1.82) is 0 Å². The smallest absolute Gasteiger partial charge is 0.272 e. The Labute approximate surface area is 164 Å². The second kappa shape index (κ2) is 8.01. The van der Waals surface area contributed by atoms with E-state index in [1.165, 1.54) is 12.1 Å². The van der Waals surface area contributed by atoms with Crippen LogP contribution in [-0.4, -0.2) is 49.0 Å². The molecule has 0 radical (unpaired) electrons. The van der Waals surface area contributed by atoms with Crippen molar-refractivity contribution in [2.75, 3.05) is 33.4 Å².